The van der Waals surface area contributed by atoms with Crippen LogP contribution in [0.4, 0.5) is 0 Å². The largest absolute Gasteiger partial charge is 0.354 e. The Balaban J connectivity index is 2.09. The first kappa shape index (κ1) is 16.3. The molecule has 1 aromatic rings. The summed E-state index contributed by atoms with van der Waals surface area (Å²) in [5, 5.41) is 3.88. The summed E-state index contributed by atoms with van der Waals surface area (Å²) in [6.45, 7) is 8.88. The van der Waals surface area contributed by atoms with Crippen LogP contribution in [0.2, 0.25) is 5.02 Å². The second-order valence-corrected chi connectivity index (χ2v) is 6.23. The van der Waals surface area contributed by atoms with Crippen LogP contribution in [0.3, 0.4) is 0 Å². The van der Waals surface area contributed by atoms with Crippen LogP contribution < -0.4 is 5.32 Å². The van der Waals surface area contributed by atoms with Crippen molar-refractivity contribution in [1.82, 2.24) is 10.2 Å². The summed E-state index contributed by atoms with van der Waals surface area (Å²) in [4.78, 5) is 14.4. The normalized spacial score (nSPS) is 22.1. The summed E-state index contributed by atoms with van der Waals surface area (Å²) in [6.07, 6.45) is 1.02. The van der Waals surface area contributed by atoms with Gasteiger partial charge in [-0.15, -0.1) is 0 Å². The smallest absolute Gasteiger partial charge is 0.223 e. The van der Waals surface area contributed by atoms with Crippen molar-refractivity contribution < 1.29 is 4.79 Å². The van der Waals surface area contributed by atoms with Crippen molar-refractivity contribution >= 4 is 17.5 Å². The maximum absolute atomic E-state index is 12.1. The highest BCUT2D eigenvalue weighted by Gasteiger charge is 2.39. The summed E-state index contributed by atoms with van der Waals surface area (Å²) in [5.41, 5.74) is 1.09. The number of nitrogens with zero attached hydrogens (tertiary/aromatic N) is 1. The molecule has 1 N–H and O–H groups in total. The van der Waals surface area contributed by atoms with Gasteiger partial charge in [-0.25, -0.2) is 0 Å². The number of halogens is 1. The highest BCUT2D eigenvalue weighted by molar-refractivity contribution is 6.31. The zero-order chi connectivity index (χ0) is 15.4. The van der Waals surface area contributed by atoms with E-state index in [1.54, 1.807) is 0 Å². The number of hydrogen-bond acceptors (Lipinski definition) is 2. The van der Waals surface area contributed by atoms with Crippen LogP contribution in [0.15, 0.2) is 24.3 Å². The molecular formula is C17H25ClN2O. The molecule has 4 heteroatoms. The first-order valence-corrected chi connectivity index (χ1v) is 8.22. The van der Waals surface area contributed by atoms with Gasteiger partial charge in [0.25, 0.3) is 0 Å². The van der Waals surface area contributed by atoms with Gasteiger partial charge in [0.2, 0.25) is 5.91 Å². The number of carbonyl (C=O) groups excluding carboxylic acids is 1. The third-order valence-electron chi connectivity index (χ3n) is 4.43. The van der Waals surface area contributed by atoms with Crippen LogP contribution in [0.1, 0.15) is 38.8 Å². The topological polar surface area (TPSA) is 32.3 Å². The van der Waals surface area contributed by atoms with Gasteiger partial charge in [0.15, 0.2) is 0 Å². The maximum atomic E-state index is 12.1. The van der Waals surface area contributed by atoms with Crippen LogP contribution >= 0.6 is 11.6 Å². The quantitative estimate of drug-likeness (QED) is 0.836. The minimum Gasteiger partial charge on any atom is -0.354 e. The lowest BCUT2D eigenvalue weighted by molar-refractivity contribution is -0.122. The number of nitrogens with one attached hydrogen (secondary N) is 1. The fraction of sp³-hybridized carbons (Fsp3) is 0.588. The van der Waals surface area contributed by atoms with E-state index in [4.69, 9.17) is 11.6 Å². The minimum absolute atomic E-state index is 0.131. The first-order chi connectivity index (χ1) is 10.1. The average molecular weight is 309 g/mol. The summed E-state index contributed by atoms with van der Waals surface area (Å²) in [7, 11) is 0. The predicted octanol–water partition coefficient (Wildman–Crippen LogP) is 3.50. The Kier molecular flexibility index (Phi) is 5.65. The Labute approximate surface area is 132 Å². The standard InChI is InChI=1S/C17H25ClN2O/c1-4-20(5-2)16(13-8-6-7-9-15(13)18)11-19-17(21)14-10-12(14)3/h6-9,12,14,16H,4-5,10-11H2,1-3H3,(H,19,21). The number of amides is 1. The van der Waals surface area contributed by atoms with E-state index in [1.807, 2.05) is 18.2 Å². The molecule has 1 fully saturated rings. The lowest BCUT2D eigenvalue weighted by atomic mass is 10.0. The molecule has 0 radical (unpaired) electrons. The van der Waals surface area contributed by atoms with E-state index >= 15 is 0 Å². The average Bonchev–Trinajstić information content (AvgIpc) is 3.21. The zero-order valence-corrected chi connectivity index (χ0v) is 13.9. The molecule has 0 heterocycles. The van der Waals surface area contributed by atoms with Crippen molar-refractivity contribution in [3.63, 3.8) is 0 Å². The van der Waals surface area contributed by atoms with Gasteiger partial charge < -0.3 is 5.32 Å². The Morgan fingerprint density at radius 2 is 2.00 bits per heavy atom. The molecular weight excluding hydrogens is 284 g/mol. The summed E-state index contributed by atoms with van der Waals surface area (Å²) >= 11 is 6.35. The van der Waals surface area contributed by atoms with Gasteiger partial charge in [0.1, 0.15) is 0 Å². The van der Waals surface area contributed by atoms with Crippen LogP contribution in [0.5, 0.6) is 0 Å². The van der Waals surface area contributed by atoms with Crippen molar-refractivity contribution in [2.24, 2.45) is 11.8 Å². The third-order valence-corrected chi connectivity index (χ3v) is 4.78. The fourth-order valence-corrected chi connectivity index (χ4v) is 3.12. The van der Waals surface area contributed by atoms with Gasteiger partial charge in [-0.05, 0) is 37.1 Å². The first-order valence-electron chi connectivity index (χ1n) is 7.84. The van der Waals surface area contributed by atoms with Gasteiger partial charge >= 0.3 is 0 Å². The summed E-state index contributed by atoms with van der Waals surface area (Å²) < 4.78 is 0. The summed E-state index contributed by atoms with van der Waals surface area (Å²) in [5.74, 6) is 0.942. The van der Waals surface area contributed by atoms with Gasteiger partial charge in [-0.3, -0.25) is 9.69 Å². The van der Waals surface area contributed by atoms with Crippen molar-refractivity contribution in [3.8, 4) is 0 Å². The van der Waals surface area contributed by atoms with E-state index < -0.39 is 0 Å². The SMILES string of the molecule is CCN(CC)C(CNC(=O)C1CC1C)c1ccccc1Cl. The number of rotatable bonds is 7. The van der Waals surface area contributed by atoms with Crippen molar-refractivity contribution in [3.05, 3.63) is 34.9 Å². The van der Waals surface area contributed by atoms with Crippen molar-refractivity contribution in [2.45, 2.75) is 33.2 Å². The van der Waals surface area contributed by atoms with Gasteiger partial charge in [-0.2, -0.15) is 0 Å². The van der Waals surface area contributed by atoms with E-state index in [9.17, 15) is 4.79 Å². The van der Waals surface area contributed by atoms with Crippen molar-refractivity contribution in [1.29, 1.82) is 0 Å². The molecule has 116 valence electrons. The molecule has 2 rings (SSSR count). The Morgan fingerprint density at radius 1 is 1.38 bits per heavy atom. The maximum Gasteiger partial charge on any atom is 0.223 e. The Bertz CT molecular complexity index is 487. The highest BCUT2D eigenvalue weighted by atomic mass is 35.5. The van der Waals surface area contributed by atoms with Crippen LogP contribution in [-0.2, 0) is 4.79 Å². The Morgan fingerprint density at radius 3 is 2.52 bits per heavy atom. The van der Waals surface area contributed by atoms with E-state index in [-0.39, 0.29) is 17.9 Å². The zero-order valence-electron chi connectivity index (χ0n) is 13.1. The molecule has 3 atom stereocenters. The van der Waals surface area contributed by atoms with E-state index in [0.29, 0.717) is 12.5 Å². The number of likely N-dealkylation sites (N-methyl/N-ethyl adjacent to an activating group) is 1. The van der Waals surface area contributed by atoms with Crippen molar-refractivity contribution in [2.75, 3.05) is 19.6 Å². The lowest BCUT2D eigenvalue weighted by Crippen LogP contribution is -2.38. The lowest BCUT2D eigenvalue weighted by Gasteiger charge is -2.31. The van der Waals surface area contributed by atoms with Gasteiger partial charge in [0.05, 0.1) is 6.04 Å². The van der Waals surface area contributed by atoms with Gasteiger partial charge in [-0.1, -0.05) is 50.6 Å². The molecule has 1 saturated carbocycles. The molecule has 3 unspecified atom stereocenters. The molecule has 1 aromatic carbocycles. The third kappa shape index (κ3) is 3.98. The molecule has 0 bridgehead atoms. The molecule has 3 nitrogen and oxygen atoms in total. The predicted molar refractivity (Wildman–Crippen MR) is 87.4 cm³/mol. The minimum atomic E-state index is 0.131. The second-order valence-electron chi connectivity index (χ2n) is 5.82. The van der Waals surface area contributed by atoms with E-state index in [0.717, 1.165) is 30.1 Å². The number of hydrogen-bond donors (Lipinski definition) is 1. The second kappa shape index (κ2) is 7.28. The monoisotopic (exact) mass is 308 g/mol. The number of carbonyl (C=O) groups is 1. The highest BCUT2D eigenvalue weighted by Crippen LogP contribution is 2.37. The number of benzene rings is 1. The molecule has 21 heavy (non-hydrogen) atoms. The van der Waals surface area contributed by atoms with Crippen LogP contribution in [-0.4, -0.2) is 30.4 Å². The van der Waals surface area contributed by atoms with E-state index in [1.165, 1.54) is 0 Å². The molecule has 0 aromatic heterocycles. The molecule has 1 aliphatic carbocycles. The molecule has 0 aliphatic heterocycles. The fourth-order valence-electron chi connectivity index (χ4n) is 2.86. The van der Waals surface area contributed by atoms with Gasteiger partial charge in [0, 0.05) is 17.5 Å². The van der Waals surface area contributed by atoms with Crippen LogP contribution in [0.25, 0.3) is 0 Å². The molecule has 0 saturated heterocycles. The summed E-state index contributed by atoms with van der Waals surface area (Å²) in [6, 6.07) is 8.04. The molecule has 0 spiro atoms. The van der Waals surface area contributed by atoms with E-state index in [2.05, 4.69) is 37.1 Å². The van der Waals surface area contributed by atoms with Crippen LogP contribution in [0, 0.1) is 11.8 Å². The Hall–Kier alpha value is -1.06. The molecule has 1 amide bonds. The molecule has 1 aliphatic rings.